The third kappa shape index (κ3) is 3.06. The van der Waals surface area contributed by atoms with Crippen LogP contribution in [0, 0.1) is 0 Å². The maximum Gasteiger partial charge on any atom is 0.223 e. The second-order valence-electron chi connectivity index (χ2n) is 3.85. The normalized spacial score (nSPS) is 10.3. The Bertz CT molecular complexity index is 515. The van der Waals surface area contributed by atoms with E-state index in [9.17, 15) is 0 Å². The number of ether oxygens (including phenoxy) is 2. The summed E-state index contributed by atoms with van der Waals surface area (Å²) in [6, 6.07) is 11.5. The van der Waals surface area contributed by atoms with Crippen LogP contribution in [0.3, 0.4) is 0 Å². The van der Waals surface area contributed by atoms with Gasteiger partial charge in [-0.3, -0.25) is 0 Å². The van der Waals surface area contributed by atoms with E-state index in [0.717, 1.165) is 16.9 Å². The molecular weight excluding hydrogens is 228 g/mol. The molecule has 2 rings (SSSR count). The number of hydrogen-bond acceptors (Lipinski definition) is 4. The number of aromatic nitrogens is 1. The first-order valence-corrected chi connectivity index (χ1v) is 5.73. The summed E-state index contributed by atoms with van der Waals surface area (Å²) in [4.78, 5) is 4.19. The first-order valence-electron chi connectivity index (χ1n) is 5.73. The SMILES string of the molecule is COCc1cccc(Oc2ncccc2CN)c1. The molecule has 4 heteroatoms. The monoisotopic (exact) mass is 244 g/mol. The topological polar surface area (TPSA) is 57.4 Å². The zero-order valence-corrected chi connectivity index (χ0v) is 10.3. The Morgan fingerprint density at radius 2 is 2.11 bits per heavy atom. The van der Waals surface area contributed by atoms with Crippen LogP contribution in [0.15, 0.2) is 42.6 Å². The van der Waals surface area contributed by atoms with E-state index in [2.05, 4.69) is 4.98 Å². The fraction of sp³-hybridized carbons (Fsp3) is 0.214. The van der Waals surface area contributed by atoms with Crippen molar-refractivity contribution in [1.29, 1.82) is 0 Å². The molecular formula is C14H16N2O2. The van der Waals surface area contributed by atoms with Crippen LogP contribution in [0.25, 0.3) is 0 Å². The summed E-state index contributed by atoms with van der Waals surface area (Å²) in [5.41, 5.74) is 7.58. The van der Waals surface area contributed by atoms with E-state index in [1.54, 1.807) is 13.3 Å². The molecule has 0 radical (unpaired) electrons. The van der Waals surface area contributed by atoms with Gasteiger partial charge in [-0.1, -0.05) is 18.2 Å². The van der Waals surface area contributed by atoms with Crippen LogP contribution in [0.4, 0.5) is 0 Å². The number of rotatable bonds is 5. The highest BCUT2D eigenvalue weighted by molar-refractivity contribution is 5.34. The number of methoxy groups -OCH3 is 1. The predicted octanol–water partition coefficient (Wildman–Crippen LogP) is 2.48. The van der Waals surface area contributed by atoms with Crippen molar-refractivity contribution < 1.29 is 9.47 Å². The van der Waals surface area contributed by atoms with Crippen molar-refractivity contribution in [2.45, 2.75) is 13.2 Å². The minimum Gasteiger partial charge on any atom is -0.439 e. The van der Waals surface area contributed by atoms with E-state index in [-0.39, 0.29) is 0 Å². The van der Waals surface area contributed by atoms with Gasteiger partial charge in [0, 0.05) is 25.4 Å². The minimum atomic E-state index is 0.404. The molecule has 0 spiro atoms. The standard InChI is InChI=1S/C14H16N2O2/c1-17-10-11-4-2-6-13(8-11)18-14-12(9-15)5-3-7-16-14/h2-8H,9-10,15H2,1H3. The molecule has 1 heterocycles. The second kappa shape index (κ2) is 6.14. The van der Waals surface area contributed by atoms with Gasteiger partial charge in [0.25, 0.3) is 0 Å². The first-order chi connectivity index (χ1) is 8.83. The average molecular weight is 244 g/mol. The van der Waals surface area contributed by atoms with Crippen molar-refractivity contribution in [3.8, 4) is 11.6 Å². The van der Waals surface area contributed by atoms with E-state index >= 15 is 0 Å². The Kier molecular flexibility index (Phi) is 4.28. The van der Waals surface area contributed by atoms with Gasteiger partial charge in [0.15, 0.2) is 0 Å². The van der Waals surface area contributed by atoms with Gasteiger partial charge in [0.05, 0.1) is 6.61 Å². The summed E-state index contributed by atoms with van der Waals surface area (Å²) in [6.07, 6.45) is 1.69. The largest absolute Gasteiger partial charge is 0.439 e. The van der Waals surface area contributed by atoms with Gasteiger partial charge in [0.2, 0.25) is 5.88 Å². The highest BCUT2D eigenvalue weighted by Gasteiger charge is 2.04. The van der Waals surface area contributed by atoms with Crippen LogP contribution >= 0.6 is 0 Å². The molecule has 0 saturated heterocycles. The zero-order chi connectivity index (χ0) is 12.8. The smallest absolute Gasteiger partial charge is 0.223 e. The molecule has 0 aliphatic carbocycles. The lowest BCUT2D eigenvalue weighted by atomic mass is 10.2. The number of benzene rings is 1. The maximum absolute atomic E-state index is 5.74. The predicted molar refractivity (Wildman–Crippen MR) is 69.4 cm³/mol. The van der Waals surface area contributed by atoms with Crippen LogP contribution in [0.5, 0.6) is 11.6 Å². The molecule has 4 nitrogen and oxygen atoms in total. The Morgan fingerprint density at radius 1 is 1.22 bits per heavy atom. The molecule has 94 valence electrons. The van der Waals surface area contributed by atoms with E-state index in [1.807, 2.05) is 36.4 Å². The average Bonchev–Trinajstić information content (AvgIpc) is 2.40. The molecule has 1 aromatic carbocycles. The summed E-state index contributed by atoms with van der Waals surface area (Å²) in [6.45, 7) is 0.962. The van der Waals surface area contributed by atoms with Gasteiger partial charge >= 0.3 is 0 Å². The van der Waals surface area contributed by atoms with Crippen LogP contribution in [0.1, 0.15) is 11.1 Å². The maximum atomic E-state index is 5.74. The number of hydrogen-bond donors (Lipinski definition) is 1. The molecule has 0 aliphatic heterocycles. The van der Waals surface area contributed by atoms with Crippen LogP contribution in [-0.2, 0) is 17.9 Å². The summed E-state index contributed by atoms with van der Waals surface area (Å²) in [5.74, 6) is 1.28. The summed E-state index contributed by atoms with van der Waals surface area (Å²) < 4.78 is 10.8. The van der Waals surface area contributed by atoms with E-state index < -0.39 is 0 Å². The van der Waals surface area contributed by atoms with E-state index in [4.69, 9.17) is 15.2 Å². The van der Waals surface area contributed by atoms with E-state index in [0.29, 0.717) is 19.0 Å². The van der Waals surface area contributed by atoms with Crippen molar-refractivity contribution in [1.82, 2.24) is 4.98 Å². The summed E-state index contributed by atoms with van der Waals surface area (Å²) in [7, 11) is 1.67. The molecule has 0 bridgehead atoms. The molecule has 0 amide bonds. The van der Waals surface area contributed by atoms with Gasteiger partial charge in [-0.05, 0) is 23.8 Å². The highest BCUT2D eigenvalue weighted by Crippen LogP contribution is 2.23. The van der Waals surface area contributed by atoms with Gasteiger partial charge in [-0.25, -0.2) is 4.98 Å². The molecule has 0 aliphatic rings. The fourth-order valence-corrected chi connectivity index (χ4v) is 1.65. The Hall–Kier alpha value is -1.91. The number of nitrogens with two attached hydrogens (primary N) is 1. The second-order valence-corrected chi connectivity index (χ2v) is 3.85. The van der Waals surface area contributed by atoms with Crippen molar-refractivity contribution in [3.05, 3.63) is 53.7 Å². The molecule has 0 saturated carbocycles. The van der Waals surface area contributed by atoms with E-state index in [1.165, 1.54) is 0 Å². The lowest BCUT2D eigenvalue weighted by Crippen LogP contribution is -2.01. The lowest BCUT2D eigenvalue weighted by Gasteiger charge is -2.09. The van der Waals surface area contributed by atoms with Gasteiger partial charge in [-0.15, -0.1) is 0 Å². The van der Waals surface area contributed by atoms with Crippen LogP contribution in [-0.4, -0.2) is 12.1 Å². The zero-order valence-electron chi connectivity index (χ0n) is 10.3. The first kappa shape index (κ1) is 12.5. The van der Waals surface area contributed by atoms with Crippen LogP contribution < -0.4 is 10.5 Å². The third-order valence-electron chi connectivity index (χ3n) is 2.49. The van der Waals surface area contributed by atoms with Crippen molar-refractivity contribution in [2.75, 3.05) is 7.11 Å². The van der Waals surface area contributed by atoms with Crippen LogP contribution in [0.2, 0.25) is 0 Å². The van der Waals surface area contributed by atoms with Crippen molar-refractivity contribution in [3.63, 3.8) is 0 Å². The number of pyridine rings is 1. The molecule has 2 N–H and O–H groups in total. The summed E-state index contributed by atoms with van der Waals surface area (Å²) in [5, 5.41) is 0. The lowest BCUT2D eigenvalue weighted by molar-refractivity contribution is 0.184. The van der Waals surface area contributed by atoms with Gasteiger partial charge in [-0.2, -0.15) is 0 Å². The van der Waals surface area contributed by atoms with Gasteiger partial charge in [0.1, 0.15) is 5.75 Å². The highest BCUT2D eigenvalue weighted by atomic mass is 16.5. The molecule has 0 fully saturated rings. The molecule has 0 unspecified atom stereocenters. The number of nitrogens with zero attached hydrogens (tertiary/aromatic N) is 1. The Morgan fingerprint density at radius 3 is 2.89 bits per heavy atom. The van der Waals surface area contributed by atoms with Gasteiger partial charge < -0.3 is 15.2 Å². The molecule has 0 atom stereocenters. The Labute approximate surface area is 106 Å². The minimum absolute atomic E-state index is 0.404. The molecule has 1 aromatic heterocycles. The quantitative estimate of drug-likeness (QED) is 0.877. The third-order valence-corrected chi connectivity index (χ3v) is 2.49. The van der Waals surface area contributed by atoms with Crippen molar-refractivity contribution in [2.24, 2.45) is 5.73 Å². The van der Waals surface area contributed by atoms with Crippen molar-refractivity contribution >= 4 is 0 Å². The molecule has 2 aromatic rings. The molecule has 18 heavy (non-hydrogen) atoms. The summed E-state index contributed by atoms with van der Waals surface area (Å²) >= 11 is 0. The fourth-order valence-electron chi connectivity index (χ4n) is 1.65. The Balaban J connectivity index is 2.20.